The van der Waals surface area contributed by atoms with Crippen molar-refractivity contribution < 1.29 is 15.0 Å². The van der Waals surface area contributed by atoms with Crippen molar-refractivity contribution in [3.05, 3.63) is 34.9 Å². The van der Waals surface area contributed by atoms with E-state index in [2.05, 4.69) is 0 Å². The Morgan fingerprint density at radius 2 is 2.27 bits per heavy atom. The van der Waals surface area contributed by atoms with Gasteiger partial charge in [-0.15, -0.1) is 0 Å². The van der Waals surface area contributed by atoms with Crippen LogP contribution in [0.3, 0.4) is 0 Å². The molecule has 1 aromatic carbocycles. The SMILES string of the molecule is NCCC[C@@](O)(c1cccc(Cl)c1)C1CCCN(C(=O)O)C1. The van der Waals surface area contributed by atoms with Crippen LogP contribution in [0.25, 0.3) is 0 Å². The molecule has 1 heterocycles. The molecule has 1 amide bonds. The van der Waals surface area contributed by atoms with Crippen LogP contribution in [0.5, 0.6) is 0 Å². The summed E-state index contributed by atoms with van der Waals surface area (Å²) in [6.45, 7) is 1.34. The molecule has 0 radical (unpaired) electrons. The summed E-state index contributed by atoms with van der Waals surface area (Å²) < 4.78 is 0. The Morgan fingerprint density at radius 1 is 1.50 bits per heavy atom. The van der Waals surface area contributed by atoms with Crippen LogP contribution < -0.4 is 5.73 Å². The van der Waals surface area contributed by atoms with Gasteiger partial charge in [0.05, 0.1) is 5.60 Å². The van der Waals surface area contributed by atoms with Gasteiger partial charge in [0.15, 0.2) is 0 Å². The zero-order valence-electron chi connectivity index (χ0n) is 12.5. The van der Waals surface area contributed by atoms with Gasteiger partial charge in [-0.3, -0.25) is 0 Å². The normalized spacial score (nSPS) is 21.4. The van der Waals surface area contributed by atoms with E-state index in [-0.39, 0.29) is 5.92 Å². The largest absolute Gasteiger partial charge is 0.465 e. The van der Waals surface area contributed by atoms with Crippen LogP contribution in [0.15, 0.2) is 24.3 Å². The molecule has 4 N–H and O–H groups in total. The molecule has 122 valence electrons. The highest BCUT2D eigenvalue weighted by Crippen LogP contribution is 2.39. The van der Waals surface area contributed by atoms with Crippen LogP contribution in [-0.2, 0) is 5.60 Å². The van der Waals surface area contributed by atoms with Crippen LogP contribution >= 0.6 is 11.6 Å². The van der Waals surface area contributed by atoms with Crippen molar-refractivity contribution in [3.63, 3.8) is 0 Å². The molecule has 1 aromatic rings. The van der Waals surface area contributed by atoms with Gasteiger partial charge in [0.25, 0.3) is 0 Å². The molecule has 1 aliphatic heterocycles. The third-order valence-corrected chi connectivity index (χ3v) is 4.69. The molecule has 1 saturated heterocycles. The summed E-state index contributed by atoms with van der Waals surface area (Å²) in [6, 6.07) is 7.18. The van der Waals surface area contributed by atoms with Gasteiger partial charge < -0.3 is 20.8 Å². The summed E-state index contributed by atoms with van der Waals surface area (Å²) in [5.41, 5.74) is 5.25. The maximum Gasteiger partial charge on any atom is 0.407 e. The Kier molecular flexibility index (Phi) is 5.67. The fraction of sp³-hybridized carbons (Fsp3) is 0.562. The Labute approximate surface area is 135 Å². The first-order chi connectivity index (χ1) is 10.5. The van der Waals surface area contributed by atoms with Crippen LogP contribution in [0.2, 0.25) is 5.02 Å². The summed E-state index contributed by atoms with van der Waals surface area (Å²) in [7, 11) is 0. The molecule has 2 atom stereocenters. The molecule has 2 rings (SSSR count). The van der Waals surface area contributed by atoms with E-state index in [1.165, 1.54) is 4.90 Å². The molecular formula is C16H23ClN2O3. The van der Waals surface area contributed by atoms with E-state index >= 15 is 0 Å². The van der Waals surface area contributed by atoms with Crippen LogP contribution in [0.4, 0.5) is 4.79 Å². The Bertz CT molecular complexity index is 526. The summed E-state index contributed by atoms with van der Waals surface area (Å²) in [5.74, 6) is -0.151. The minimum Gasteiger partial charge on any atom is -0.465 e. The number of halogens is 1. The molecule has 0 spiro atoms. The second-order valence-electron chi connectivity index (χ2n) is 5.89. The minimum atomic E-state index is -1.10. The van der Waals surface area contributed by atoms with E-state index < -0.39 is 11.7 Å². The van der Waals surface area contributed by atoms with Crippen LogP contribution in [0, 0.1) is 5.92 Å². The number of carbonyl (C=O) groups is 1. The van der Waals surface area contributed by atoms with Gasteiger partial charge in [0.1, 0.15) is 0 Å². The number of likely N-dealkylation sites (tertiary alicyclic amines) is 1. The van der Waals surface area contributed by atoms with Crippen molar-refractivity contribution in [2.24, 2.45) is 11.7 Å². The molecule has 0 saturated carbocycles. The fourth-order valence-electron chi connectivity index (χ4n) is 3.25. The Balaban J connectivity index is 2.30. The van der Waals surface area contributed by atoms with Crippen molar-refractivity contribution in [1.29, 1.82) is 0 Å². The molecule has 0 aromatic heterocycles. The third kappa shape index (κ3) is 3.72. The van der Waals surface area contributed by atoms with Gasteiger partial charge in [-0.2, -0.15) is 0 Å². The van der Waals surface area contributed by atoms with Gasteiger partial charge in [0.2, 0.25) is 0 Å². The lowest BCUT2D eigenvalue weighted by Gasteiger charge is -2.42. The first-order valence-electron chi connectivity index (χ1n) is 7.63. The van der Waals surface area contributed by atoms with Crippen molar-refractivity contribution in [3.8, 4) is 0 Å². The number of piperidine rings is 1. The van der Waals surface area contributed by atoms with Crippen LogP contribution in [-0.4, -0.2) is 40.8 Å². The third-order valence-electron chi connectivity index (χ3n) is 4.45. The number of hydrogen-bond donors (Lipinski definition) is 3. The Morgan fingerprint density at radius 3 is 2.91 bits per heavy atom. The lowest BCUT2D eigenvalue weighted by molar-refractivity contribution is -0.0571. The van der Waals surface area contributed by atoms with Crippen LogP contribution in [0.1, 0.15) is 31.2 Å². The van der Waals surface area contributed by atoms with Gasteiger partial charge in [-0.25, -0.2) is 4.79 Å². The lowest BCUT2D eigenvalue weighted by atomic mass is 9.74. The summed E-state index contributed by atoms with van der Waals surface area (Å²) >= 11 is 6.06. The van der Waals surface area contributed by atoms with Crippen molar-refractivity contribution >= 4 is 17.7 Å². The molecule has 1 fully saturated rings. The maximum atomic E-state index is 11.3. The number of aliphatic hydroxyl groups is 1. The highest BCUT2D eigenvalue weighted by molar-refractivity contribution is 6.30. The number of nitrogens with two attached hydrogens (primary N) is 1. The van der Waals surface area contributed by atoms with E-state index in [1.807, 2.05) is 12.1 Å². The van der Waals surface area contributed by atoms with Crippen molar-refractivity contribution in [2.45, 2.75) is 31.3 Å². The van der Waals surface area contributed by atoms with E-state index in [1.54, 1.807) is 12.1 Å². The average Bonchev–Trinajstić information content (AvgIpc) is 2.52. The molecular weight excluding hydrogens is 304 g/mol. The Hall–Kier alpha value is -1.30. The second kappa shape index (κ2) is 7.31. The number of rotatable bonds is 5. The monoisotopic (exact) mass is 326 g/mol. The number of amides is 1. The van der Waals surface area contributed by atoms with Gasteiger partial charge >= 0.3 is 6.09 Å². The van der Waals surface area contributed by atoms with Crippen molar-refractivity contribution in [1.82, 2.24) is 4.90 Å². The number of benzene rings is 1. The first kappa shape index (κ1) is 17.1. The minimum absolute atomic E-state index is 0.151. The molecule has 1 aliphatic rings. The molecule has 22 heavy (non-hydrogen) atoms. The highest BCUT2D eigenvalue weighted by atomic mass is 35.5. The molecule has 6 heteroatoms. The standard InChI is InChI=1S/C16H23ClN2O3/c17-14-6-1-4-12(10-14)16(22,7-3-8-18)13-5-2-9-19(11-13)15(20)21/h1,4,6,10,13,22H,2-3,5,7-9,11,18H2,(H,20,21)/t13?,16-/m1/s1. The predicted molar refractivity (Wildman–Crippen MR) is 86.0 cm³/mol. The second-order valence-corrected chi connectivity index (χ2v) is 6.33. The fourth-order valence-corrected chi connectivity index (χ4v) is 3.44. The molecule has 1 unspecified atom stereocenters. The first-order valence-corrected chi connectivity index (χ1v) is 8.01. The predicted octanol–water partition coefficient (Wildman–Crippen LogP) is 2.66. The van der Waals surface area contributed by atoms with E-state index in [4.69, 9.17) is 17.3 Å². The summed E-state index contributed by atoms with van der Waals surface area (Å²) in [6.07, 6.45) is 1.78. The van der Waals surface area contributed by atoms with Gasteiger partial charge in [-0.05, 0) is 49.9 Å². The smallest absolute Gasteiger partial charge is 0.407 e. The molecule has 0 bridgehead atoms. The molecule has 5 nitrogen and oxygen atoms in total. The zero-order valence-corrected chi connectivity index (χ0v) is 13.3. The van der Waals surface area contributed by atoms with E-state index in [0.29, 0.717) is 37.5 Å². The zero-order chi connectivity index (χ0) is 16.2. The number of hydrogen-bond acceptors (Lipinski definition) is 3. The molecule has 0 aliphatic carbocycles. The quantitative estimate of drug-likeness (QED) is 0.776. The van der Waals surface area contributed by atoms with E-state index in [0.717, 1.165) is 18.4 Å². The number of nitrogens with zero attached hydrogens (tertiary/aromatic N) is 1. The van der Waals surface area contributed by atoms with Crippen molar-refractivity contribution in [2.75, 3.05) is 19.6 Å². The summed E-state index contributed by atoms with van der Waals surface area (Å²) in [4.78, 5) is 12.6. The topological polar surface area (TPSA) is 86.8 Å². The highest BCUT2D eigenvalue weighted by Gasteiger charge is 2.41. The average molecular weight is 327 g/mol. The van der Waals surface area contributed by atoms with E-state index in [9.17, 15) is 15.0 Å². The number of carboxylic acid groups (broad SMARTS) is 1. The van der Waals surface area contributed by atoms with Gasteiger partial charge in [-0.1, -0.05) is 23.7 Å². The maximum absolute atomic E-state index is 11.3. The van der Waals surface area contributed by atoms with Gasteiger partial charge in [0, 0.05) is 24.0 Å². The lowest BCUT2D eigenvalue weighted by Crippen LogP contribution is -2.48. The summed E-state index contributed by atoms with van der Waals surface area (Å²) in [5, 5.41) is 21.1.